The number of aromatic amines is 1. The standard InChI is InChI=1S/C18H19N3O/c1-12-4-5-15-11-17(20-16(15)10-12)18(22)21(3)13(2)14-6-8-19-9-7-14/h4-11,13,20H,1-3H3. The number of carbonyl (C=O) groups excluding carboxylic acids is 1. The Labute approximate surface area is 129 Å². The maximum Gasteiger partial charge on any atom is 0.270 e. The van der Waals surface area contributed by atoms with E-state index in [0.717, 1.165) is 16.5 Å². The van der Waals surface area contributed by atoms with Crippen LogP contribution in [0.1, 0.15) is 34.6 Å². The number of aryl methyl sites for hydroxylation is 1. The third-order valence-electron chi connectivity index (χ3n) is 4.10. The largest absolute Gasteiger partial charge is 0.351 e. The highest BCUT2D eigenvalue weighted by atomic mass is 16.2. The van der Waals surface area contributed by atoms with Crippen molar-refractivity contribution in [2.75, 3.05) is 7.05 Å². The molecule has 3 rings (SSSR count). The molecule has 0 aliphatic carbocycles. The number of aromatic nitrogens is 2. The van der Waals surface area contributed by atoms with E-state index in [-0.39, 0.29) is 11.9 Å². The zero-order valence-electron chi connectivity index (χ0n) is 13.0. The molecule has 112 valence electrons. The number of amides is 1. The van der Waals surface area contributed by atoms with E-state index < -0.39 is 0 Å². The van der Waals surface area contributed by atoms with Crippen molar-refractivity contribution < 1.29 is 4.79 Å². The summed E-state index contributed by atoms with van der Waals surface area (Å²) in [4.78, 5) is 21.7. The Morgan fingerprint density at radius 2 is 1.91 bits per heavy atom. The van der Waals surface area contributed by atoms with E-state index in [0.29, 0.717) is 5.69 Å². The van der Waals surface area contributed by atoms with Crippen molar-refractivity contribution >= 4 is 16.8 Å². The molecule has 4 heteroatoms. The molecule has 0 radical (unpaired) electrons. The molecule has 1 N–H and O–H groups in total. The number of rotatable bonds is 3. The van der Waals surface area contributed by atoms with Gasteiger partial charge in [0.2, 0.25) is 0 Å². The number of fused-ring (bicyclic) bond motifs is 1. The Hall–Kier alpha value is -2.62. The van der Waals surface area contributed by atoms with Gasteiger partial charge in [0, 0.05) is 30.3 Å². The van der Waals surface area contributed by atoms with Gasteiger partial charge in [0.1, 0.15) is 5.69 Å². The highest BCUT2D eigenvalue weighted by molar-refractivity contribution is 5.98. The highest BCUT2D eigenvalue weighted by Crippen LogP contribution is 2.22. The van der Waals surface area contributed by atoms with Crippen molar-refractivity contribution in [3.63, 3.8) is 0 Å². The minimum absolute atomic E-state index is 0.0105. The molecule has 0 aliphatic rings. The van der Waals surface area contributed by atoms with Gasteiger partial charge in [-0.3, -0.25) is 9.78 Å². The van der Waals surface area contributed by atoms with Crippen LogP contribution in [-0.4, -0.2) is 27.8 Å². The predicted molar refractivity (Wildman–Crippen MR) is 87.8 cm³/mol. The van der Waals surface area contributed by atoms with Crippen molar-refractivity contribution in [1.82, 2.24) is 14.9 Å². The summed E-state index contributed by atoms with van der Waals surface area (Å²) >= 11 is 0. The van der Waals surface area contributed by atoms with Crippen molar-refractivity contribution in [2.24, 2.45) is 0 Å². The molecule has 1 atom stereocenters. The molecule has 4 nitrogen and oxygen atoms in total. The van der Waals surface area contributed by atoms with Crippen LogP contribution >= 0.6 is 0 Å². The third kappa shape index (κ3) is 2.60. The van der Waals surface area contributed by atoms with Crippen molar-refractivity contribution in [3.8, 4) is 0 Å². The van der Waals surface area contributed by atoms with Gasteiger partial charge in [0.15, 0.2) is 0 Å². The number of H-pyrrole nitrogens is 1. The fourth-order valence-electron chi connectivity index (χ4n) is 2.59. The van der Waals surface area contributed by atoms with Crippen LogP contribution < -0.4 is 0 Å². The average Bonchev–Trinajstić information content (AvgIpc) is 2.96. The molecule has 0 fully saturated rings. The van der Waals surface area contributed by atoms with E-state index in [2.05, 4.69) is 16.0 Å². The molecule has 0 bridgehead atoms. The van der Waals surface area contributed by atoms with Gasteiger partial charge in [0.25, 0.3) is 5.91 Å². The van der Waals surface area contributed by atoms with Gasteiger partial charge in [-0.2, -0.15) is 0 Å². The second-order valence-corrected chi connectivity index (χ2v) is 5.65. The molecule has 2 heterocycles. The number of hydrogen-bond donors (Lipinski definition) is 1. The Kier molecular flexibility index (Phi) is 3.67. The molecule has 22 heavy (non-hydrogen) atoms. The molecule has 0 spiro atoms. The summed E-state index contributed by atoms with van der Waals surface area (Å²) in [6.07, 6.45) is 3.49. The molecule has 0 saturated carbocycles. The average molecular weight is 293 g/mol. The van der Waals surface area contributed by atoms with Crippen molar-refractivity contribution in [3.05, 3.63) is 65.6 Å². The Balaban J connectivity index is 1.88. The Morgan fingerprint density at radius 1 is 1.18 bits per heavy atom. The first-order chi connectivity index (χ1) is 10.6. The van der Waals surface area contributed by atoms with Crippen LogP contribution in [0.5, 0.6) is 0 Å². The molecule has 0 saturated heterocycles. The zero-order chi connectivity index (χ0) is 15.7. The topological polar surface area (TPSA) is 49.0 Å². The summed E-state index contributed by atoms with van der Waals surface area (Å²) in [6.45, 7) is 4.06. The van der Waals surface area contributed by atoms with Crippen molar-refractivity contribution in [1.29, 1.82) is 0 Å². The van der Waals surface area contributed by atoms with Crippen LogP contribution in [0, 0.1) is 6.92 Å². The summed E-state index contributed by atoms with van der Waals surface area (Å²) < 4.78 is 0. The van der Waals surface area contributed by atoms with Crippen LogP contribution in [0.2, 0.25) is 0 Å². The Morgan fingerprint density at radius 3 is 2.64 bits per heavy atom. The lowest BCUT2D eigenvalue weighted by molar-refractivity contribution is 0.0737. The number of hydrogen-bond acceptors (Lipinski definition) is 2. The van der Waals surface area contributed by atoms with E-state index in [4.69, 9.17) is 0 Å². The normalized spacial score (nSPS) is 12.3. The number of benzene rings is 1. The summed E-state index contributed by atoms with van der Waals surface area (Å²) in [5.74, 6) is -0.0156. The first-order valence-corrected chi connectivity index (χ1v) is 7.32. The predicted octanol–water partition coefficient (Wildman–Crippen LogP) is 3.70. The van der Waals surface area contributed by atoms with Crippen LogP contribution in [-0.2, 0) is 0 Å². The smallest absolute Gasteiger partial charge is 0.270 e. The Bertz CT molecular complexity index is 808. The van der Waals surface area contributed by atoms with E-state index >= 15 is 0 Å². The summed E-state index contributed by atoms with van der Waals surface area (Å²) in [7, 11) is 1.82. The molecular weight excluding hydrogens is 274 g/mol. The van der Waals surface area contributed by atoms with Crippen LogP contribution in [0.4, 0.5) is 0 Å². The third-order valence-corrected chi connectivity index (χ3v) is 4.10. The molecule has 0 aliphatic heterocycles. The first kappa shape index (κ1) is 14.3. The van der Waals surface area contributed by atoms with E-state index in [1.54, 1.807) is 17.3 Å². The maximum atomic E-state index is 12.7. The van der Waals surface area contributed by atoms with E-state index in [1.807, 2.05) is 51.2 Å². The second-order valence-electron chi connectivity index (χ2n) is 5.65. The molecule has 2 aromatic heterocycles. The van der Waals surface area contributed by atoms with E-state index in [9.17, 15) is 4.79 Å². The monoisotopic (exact) mass is 293 g/mol. The van der Waals surface area contributed by atoms with E-state index in [1.165, 1.54) is 5.56 Å². The zero-order valence-corrected chi connectivity index (χ0v) is 13.0. The lowest BCUT2D eigenvalue weighted by atomic mass is 10.1. The van der Waals surface area contributed by atoms with Crippen molar-refractivity contribution in [2.45, 2.75) is 19.9 Å². The van der Waals surface area contributed by atoms with Gasteiger partial charge in [0.05, 0.1) is 6.04 Å². The summed E-state index contributed by atoms with van der Waals surface area (Å²) in [5, 5.41) is 1.05. The fraction of sp³-hybridized carbons (Fsp3) is 0.222. The SMILES string of the molecule is Cc1ccc2cc(C(=O)N(C)C(C)c3ccncc3)[nH]c2c1. The fourth-order valence-corrected chi connectivity index (χ4v) is 2.59. The molecular formula is C18H19N3O. The summed E-state index contributed by atoms with van der Waals surface area (Å²) in [5.41, 5.74) is 3.85. The van der Waals surface area contributed by atoms with Gasteiger partial charge in [-0.15, -0.1) is 0 Å². The maximum absolute atomic E-state index is 12.7. The quantitative estimate of drug-likeness (QED) is 0.800. The van der Waals surface area contributed by atoms with Gasteiger partial charge < -0.3 is 9.88 Å². The lowest BCUT2D eigenvalue weighted by Crippen LogP contribution is -2.29. The van der Waals surface area contributed by atoms with Gasteiger partial charge >= 0.3 is 0 Å². The minimum Gasteiger partial charge on any atom is -0.351 e. The van der Waals surface area contributed by atoms with Crippen LogP contribution in [0.3, 0.4) is 0 Å². The number of nitrogens with zero attached hydrogens (tertiary/aromatic N) is 2. The lowest BCUT2D eigenvalue weighted by Gasteiger charge is -2.24. The number of carbonyl (C=O) groups is 1. The van der Waals surface area contributed by atoms with Gasteiger partial charge in [-0.05, 0) is 49.2 Å². The highest BCUT2D eigenvalue weighted by Gasteiger charge is 2.20. The first-order valence-electron chi connectivity index (χ1n) is 7.32. The summed E-state index contributed by atoms with van der Waals surface area (Å²) in [6, 6.07) is 11.9. The minimum atomic E-state index is -0.0156. The number of nitrogens with one attached hydrogen (secondary N) is 1. The number of pyridine rings is 1. The molecule has 3 aromatic rings. The molecule has 1 aromatic carbocycles. The van der Waals surface area contributed by atoms with Gasteiger partial charge in [-0.1, -0.05) is 12.1 Å². The van der Waals surface area contributed by atoms with Crippen LogP contribution in [0.15, 0.2) is 48.8 Å². The van der Waals surface area contributed by atoms with Gasteiger partial charge in [-0.25, -0.2) is 0 Å². The van der Waals surface area contributed by atoms with Crippen LogP contribution in [0.25, 0.3) is 10.9 Å². The molecule has 1 unspecified atom stereocenters. The molecule has 1 amide bonds. The second kappa shape index (κ2) is 5.64.